The van der Waals surface area contributed by atoms with Crippen LogP contribution in [0.4, 0.5) is 5.69 Å². The maximum Gasteiger partial charge on any atom is 0.253 e. The summed E-state index contributed by atoms with van der Waals surface area (Å²) >= 11 is 0. The predicted octanol–water partition coefficient (Wildman–Crippen LogP) is 3.90. The van der Waals surface area contributed by atoms with Crippen LogP contribution in [0.5, 0.6) is 0 Å². The van der Waals surface area contributed by atoms with E-state index in [1.807, 2.05) is 6.07 Å². The Kier molecular flexibility index (Phi) is 4.95. The molecule has 5 rings (SSSR count). The van der Waals surface area contributed by atoms with Crippen molar-refractivity contribution in [1.82, 2.24) is 20.5 Å². The van der Waals surface area contributed by atoms with Gasteiger partial charge in [-0.15, -0.1) is 0 Å². The zero-order chi connectivity index (χ0) is 22.2. The number of aromatic amines is 1. The quantitative estimate of drug-likeness (QED) is 0.431. The zero-order valence-corrected chi connectivity index (χ0v) is 17.8. The molecule has 0 saturated heterocycles. The van der Waals surface area contributed by atoms with Gasteiger partial charge in [0.2, 0.25) is 0 Å². The third-order valence-corrected chi connectivity index (χ3v) is 5.84. The number of aliphatic hydroxyl groups excluding tert-OH is 1. The van der Waals surface area contributed by atoms with Crippen LogP contribution in [0, 0.1) is 0 Å². The minimum atomic E-state index is -1.18. The Bertz CT molecular complexity index is 1340. The number of rotatable bonds is 4. The van der Waals surface area contributed by atoms with Gasteiger partial charge in [0.1, 0.15) is 0 Å². The summed E-state index contributed by atoms with van der Waals surface area (Å²) in [5.74, 6) is -0.386. The molecule has 2 aromatic heterocycles. The summed E-state index contributed by atoms with van der Waals surface area (Å²) in [5.41, 5.74) is 7.02. The van der Waals surface area contributed by atoms with Crippen LogP contribution in [0.1, 0.15) is 34.8 Å². The number of aromatic nitrogens is 3. The fourth-order valence-corrected chi connectivity index (χ4v) is 4.01. The summed E-state index contributed by atoms with van der Waals surface area (Å²) in [6.07, 6.45) is 2.60. The molecule has 1 unspecified atom stereocenters. The number of benzene rings is 2. The van der Waals surface area contributed by atoms with E-state index in [4.69, 9.17) is 0 Å². The first-order valence-electron chi connectivity index (χ1n) is 10.4. The standard InChI is InChI=1S/C25H23N5O2/c1-15-10-12-30(2)22-9-7-16(13-18(15)22)23-19-14-17(6-8-20(19)28-29-23)24(31)27-25(32)21-5-3-4-11-26-21/h3-11,13-14,25,32H,12H2,1-2H3,(H,27,31)(H,28,29). The maximum atomic E-state index is 12.8. The summed E-state index contributed by atoms with van der Waals surface area (Å²) in [6, 6.07) is 16.8. The first kappa shape index (κ1) is 20.0. The number of allylic oxidation sites excluding steroid dienone is 1. The van der Waals surface area contributed by atoms with E-state index in [1.54, 1.807) is 36.5 Å². The lowest BCUT2D eigenvalue weighted by Gasteiger charge is -2.26. The fourth-order valence-electron chi connectivity index (χ4n) is 4.01. The van der Waals surface area contributed by atoms with E-state index in [2.05, 4.69) is 63.6 Å². The molecule has 0 bridgehead atoms. The Hall–Kier alpha value is -3.97. The highest BCUT2D eigenvalue weighted by atomic mass is 16.3. The van der Waals surface area contributed by atoms with Crippen molar-refractivity contribution in [2.45, 2.75) is 13.2 Å². The highest BCUT2D eigenvalue weighted by molar-refractivity contribution is 6.02. The third kappa shape index (κ3) is 3.52. The van der Waals surface area contributed by atoms with E-state index in [9.17, 15) is 9.90 Å². The van der Waals surface area contributed by atoms with Crippen LogP contribution < -0.4 is 10.2 Å². The summed E-state index contributed by atoms with van der Waals surface area (Å²) < 4.78 is 0. The van der Waals surface area contributed by atoms with Crippen molar-refractivity contribution in [3.63, 3.8) is 0 Å². The average molecular weight is 425 g/mol. The number of hydrogen-bond donors (Lipinski definition) is 3. The van der Waals surface area contributed by atoms with Crippen molar-refractivity contribution in [3.8, 4) is 11.3 Å². The Morgan fingerprint density at radius 2 is 2.06 bits per heavy atom. The van der Waals surface area contributed by atoms with E-state index < -0.39 is 6.23 Å². The number of carbonyl (C=O) groups excluding carboxylic acids is 1. The number of aliphatic hydroxyl groups is 1. The number of amides is 1. The number of nitrogens with one attached hydrogen (secondary N) is 2. The van der Waals surface area contributed by atoms with Crippen molar-refractivity contribution in [2.24, 2.45) is 0 Å². The molecule has 4 aromatic rings. The molecule has 0 aliphatic carbocycles. The molecule has 1 aliphatic rings. The summed E-state index contributed by atoms with van der Waals surface area (Å²) in [7, 11) is 2.08. The van der Waals surface area contributed by atoms with Crippen molar-refractivity contribution >= 4 is 28.1 Å². The van der Waals surface area contributed by atoms with Gasteiger partial charge in [-0.1, -0.05) is 18.2 Å². The molecular weight excluding hydrogens is 402 g/mol. The van der Waals surface area contributed by atoms with Gasteiger partial charge in [-0.05, 0) is 55.0 Å². The number of carbonyl (C=O) groups is 1. The Morgan fingerprint density at radius 3 is 2.88 bits per heavy atom. The van der Waals surface area contributed by atoms with Gasteiger partial charge in [0, 0.05) is 47.6 Å². The summed E-state index contributed by atoms with van der Waals surface area (Å²) in [5, 5.41) is 21.3. The largest absolute Gasteiger partial charge is 0.370 e. The van der Waals surface area contributed by atoms with E-state index in [-0.39, 0.29) is 5.91 Å². The second-order valence-corrected chi connectivity index (χ2v) is 7.96. The Balaban J connectivity index is 1.48. The van der Waals surface area contributed by atoms with Gasteiger partial charge in [0.25, 0.3) is 5.91 Å². The van der Waals surface area contributed by atoms with Crippen molar-refractivity contribution < 1.29 is 9.90 Å². The first-order valence-corrected chi connectivity index (χ1v) is 10.4. The Labute approximate surface area is 185 Å². The highest BCUT2D eigenvalue weighted by Gasteiger charge is 2.18. The maximum absolute atomic E-state index is 12.8. The number of hydrogen-bond acceptors (Lipinski definition) is 5. The normalized spacial score (nSPS) is 14.1. The van der Waals surface area contributed by atoms with Crippen molar-refractivity contribution in [2.75, 3.05) is 18.5 Å². The minimum Gasteiger partial charge on any atom is -0.370 e. The monoisotopic (exact) mass is 425 g/mol. The molecule has 1 amide bonds. The molecule has 7 nitrogen and oxygen atoms in total. The predicted molar refractivity (Wildman–Crippen MR) is 125 cm³/mol. The highest BCUT2D eigenvalue weighted by Crippen LogP contribution is 2.35. The number of fused-ring (bicyclic) bond motifs is 2. The third-order valence-electron chi connectivity index (χ3n) is 5.84. The number of pyridine rings is 1. The van der Waals surface area contributed by atoms with Crippen LogP contribution in [0.3, 0.4) is 0 Å². The molecule has 3 heterocycles. The minimum absolute atomic E-state index is 0.383. The van der Waals surface area contributed by atoms with Crippen LogP contribution >= 0.6 is 0 Å². The van der Waals surface area contributed by atoms with Crippen molar-refractivity contribution in [3.05, 3.63) is 83.7 Å². The van der Waals surface area contributed by atoms with Gasteiger partial charge in [-0.25, -0.2) is 0 Å². The van der Waals surface area contributed by atoms with Crippen LogP contribution in [-0.4, -0.2) is 39.8 Å². The van der Waals surface area contributed by atoms with Crippen LogP contribution in [0.2, 0.25) is 0 Å². The van der Waals surface area contributed by atoms with Gasteiger partial charge < -0.3 is 15.3 Å². The lowest BCUT2D eigenvalue weighted by Crippen LogP contribution is -2.28. The summed E-state index contributed by atoms with van der Waals surface area (Å²) in [6.45, 7) is 3.01. The van der Waals surface area contributed by atoms with Crippen LogP contribution in [0.25, 0.3) is 27.7 Å². The molecule has 1 atom stereocenters. The van der Waals surface area contributed by atoms with Gasteiger partial charge in [0.15, 0.2) is 6.23 Å². The first-order chi connectivity index (χ1) is 15.5. The van der Waals surface area contributed by atoms with Gasteiger partial charge in [-0.3, -0.25) is 14.9 Å². The number of nitrogens with zero attached hydrogens (tertiary/aromatic N) is 3. The van der Waals surface area contributed by atoms with Gasteiger partial charge in [0.05, 0.1) is 16.9 Å². The molecular formula is C25H23N5O2. The molecule has 160 valence electrons. The molecule has 0 radical (unpaired) electrons. The van der Waals surface area contributed by atoms with Crippen LogP contribution in [-0.2, 0) is 0 Å². The molecule has 32 heavy (non-hydrogen) atoms. The smallest absolute Gasteiger partial charge is 0.253 e. The molecule has 0 fully saturated rings. The fraction of sp³-hybridized carbons (Fsp3) is 0.160. The van der Waals surface area contributed by atoms with E-state index in [1.165, 1.54) is 16.8 Å². The topological polar surface area (TPSA) is 94.1 Å². The number of H-pyrrole nitrogens is 1. The average Bonchev–Trinajstić information content (AvgIpc) is 3.25. The van der Waals surface area contributed by atoms with Crippen molar-refractivity contribution in [1.29, 1.82) is 0 Å². The molecule has 3 N–H and O–H groups in total. The molecule has 2 aromatic carbocycles. The molecule has 0 saturated carbocycles. The lowest BCUT2D eigenvalue weighted by molar-refractivity contribution is 0.0774. The molecule has 7 heteroatoms. The second-order valence-electron chi connectivity index (χ2n) is 7.96. The molecule has 1 aliphatic heterocycles. The van der Waals surface area contributed by atoms with E-state index in [0.717, 1.165) is 28.7 Å². The SMILES string of the molecule is CC1=CCN(C)c2ccc(-c3n[nH]c4ccc(C(=O)NC(O)c5ccccn5)cc34)cc21. The molecule has 0 spiro atoms. The lowest BCUT2D eigenvalue weighted by atomic mass is 9.96. The van der Waals surface area contributed by atoms with E-state index >= 15 is 0 Å². The summed E-state index contributed by atoms with van der Waals surface area (Å²) in [4.78, 5) is 19.1. The van der Waals surface area contributed by atoms with Gasteiger partial charge >= 0.3 is 0 Å². The second kappa shape index (κ2) is 7.94. The van der Waals surface area contributed by atoms with E-state index in [0.29, 0.717) is 11.3 Å². The Morgan fingerprint density at radius 1 is 1.19 bits per heavy atom. The number of likely N-dealkylation sites (N-methyl/N-ethyl adjacent to an activating group) is 1. The van der Waals surface area contributed by atoms with Gasteiger partial charge in [-0.2, -0.15) is 5.10 Å². The van der Waals surface area contributed by atoms with Crippen LogP contribution in [0.15, 0.2) is 66.9 Å². The zero-order valence-electron chi connectivity index (χ0n) is 17.8. The number of anilines is 1.